The lowest BCUT2D eigenvalue weighted by Gasteiger charge is -2.15. The summed E-state index contributed by atoms with van der Waals surface area (Å²) in [6.45, 7) is 6.80. The van der Waals surface area contributed by atoms with E-state index < -0.39 is 0 Å². The normalized spacial score (nSPS) is 26.1. The van der Waals surface area contributed by atoms with E-state index in [9.17, 15) is 0 Å². The van der Waals surface area contributed by atoms with Crippen molar-refractivity contribution >= 4 is 5.69 Å². The van der Waals surface area contributed by atoms with E-state index in [2.05, 4.69) is 56.4 Å². The van der Waals surface area contributed by atoms with Crippen LogP contribution in [0.3, 0.4) is 0 Å². The monoisotopic (exact) mass is 242 g/mol. The van der Waals surface area contributed by atoms with Crippen LogP contribution in [0.25, 0.3) is 0 Å². The van der Waals surface area contributed by atoms with Gasteiger partial charge in [0.15, 0.2) is 0 Å². The minimum atomic E-state index is 0.350. The molecule has 1 fully saturated rings. The number of nitriles is 1. The van der Waals surface area contributed by atoms with Crippen LogP contribution in [0.5, 0.6) is 0 Å². The Morgan fingerprint density at radius 3 is 2.56 bits per heavy atom. The molecule has 1 aromatic rings. The number of nitrogens with zero attached hydrogens (tertiary/aromatic N) is 1. The Morgan fingerprint density at radius 2 is 1.94 bits per heavy atom. The summed E-state index contributed by atoms with van der Waals surface area (Å²) < 4.78 is 0. The molecule has 18 heavy (non-hydrogen) atoms. The molecule has 1 aliphatic rings. The Labute approximate surface area is 110 Å². The maximum Gasteiger partial charge on any atom is 0.0624 e. The summed E-state index contributed by atoms with van der Waals surface area (Å²) in [5.41, 5.74) is 1.53. The lowest BCUT2D eigenvalue weighted by molar-refractivity contribution is 0.505. The van der Waals surface area contributed by atoms with E-state index in [-0.39, 0.29) is 0 Å². The standard InChI is InChI=1S/C16H22N2/c1-12(18-13-7-5-4-6-8-13)11-15-14(9-10-17)16(15,2)3/h4-8,12,14-15,18H,9,11H2,1-3H3/t12?,14-,15+/m1/s1. The van der Waals surface area contributed by atoms with Crippen LogP contribution in [0.4, 0.5) is 5.69 Å². The lowest BCUT2D eigenvalue weighted by atomic mass is 10.0. The average molecular weight is 242 g/mol. The summed E-state index contributed by atoms with van der Waals surface area (Å²) in [7, 11) is 0. The van der Waals surface area contributed by atoms with Crippen molar-refractivity contribution in [3.63, 3.8) is 0 Å². The fraction of sp³-hybridized carbons (Fsp3) is 0.562. The number of nitrogens with one attached hydrogen (secondary N) is 1. The third kappa shape index (κ3) is 2.67. The van der Waals surface area contributed by atoms with Gasteiger partial charge in [-0.3, -0.25) is 0 Å². The van der Waals surface area contributed by atoms with Crippen molar-refractivity contribution in [2.45, 2.75) is 39.7 Å². The second-order valence-electron chi connectivity index (χ2n) is 6.04. The number of hydrogen-bond donors (Lipinski definition) is 1. The predicted molar refractivity (Wildman–Crippen MR) is 75.1 cm³/mol. The van der Waals surface area contributed by atoms with Crippen LogP contribution in [0.15, 0.2) is 30.3 Å². The van der Waals surface area contributed by atoms with Crippen LogP contribution in [0.2, 0.25) is 0 Å². The van der Waals surface area contributed by atoms with E-state index in [1.807, 2.05) is 6.07 Å². The molecule has 0 aromatic heterocycles. The highest BCUT2D eigenvalue weighted by Gasteiger charge is 2.56. The summed E-state index contributed by atoms with van der Waals surface area (Å²) in [6, 6.07) is 13.1. The molecule has 1 saturated carbocycles. The molecule has 1 aliphatic carbocycles. The Kier molecular flexibility index (Phi) is 3.61. The topological polar surface area (TPSA) is 35.8 Å². The molecule has 1 unspecified atom stereocenters. The largest absolute Gasteiger partial charge is 0.383 e. The van der Waals surface area contributed by atoms with Crippen LogP contribution in [-0.4, -0.2) is 6.04 Å². The Hall–Kier alpha value is -1.49. The zero-order valence-corrected chi connectivity index (χ0v) is 11.5. The van der Waals surface area contributed by atoms with Crippen molar-refractivity contribution < 1.29 is 0 Å². The van der Waals surface area contributed by atoms with E-state index in [0.717, 1.165) is 6.42 Å². The van der Waals surface area contributed by atoms with Gasteiger partial charge in [-0.05, 0) is 42.7 Å². The zero-order valence-electron chi connectivity index (χ0n) is 11.5. The molecule has 2 nitrogen and oxygen atoms in total. The summed E-state index contributed by atoms with van der Waals surface area (Å²) in [5.74, 6) is 1.27. The van der Waals surface area contributed by atoms with Gasteiger partial charge >= 0.3 is 0 Å². The highest BCUT2D eigenvalue weighted by molar-refractivity contribution is 5.43. The van der Waals surface area contributed by atoms with Crippen LogP contribution in [-0.2, 0) is 0 Å². The van der Waals surface area contributed by atoms with E-state index in [1.54, 1.807) is 0 Å². The molecule has 96 valence electrons. The molecule has 0 heterocycles. The molecular formula is C16H22N2. The molecule has 0 spiro atoms. The van der Waals surface area contributed by atoms with E-state index in [0.29, 0.717) is 29.7 Å². The molecule has 0 radical (unpaired) electrons. The summed E-state index contributed by atoms with van der Waals surface area (Å²) in [4.78, 5) is 0. The zero-order chi connectivity index (χ0) is 13.2. The van der Waals surface area contributed by atoms with E-state index in [1.165, 1.54) is 5.69 Å². The minimum Gasteiger partial charge on any atom is -0.383 e. The van der Waals surface area contributed by atoms with Gasteiger partial charge in [-0.15, -0.1) is 0 Å². The van der Waals surface area contributed by atoms with Crippen molar-refractivity contribution in [1.29, 1.82) is 5.26 Å². The van der Waals surface area contributed by atoms with Crippen molar-refractivity contribution in [3.05, 3.63) is 30.3 Å². The molecular weight excluding hydrogens is 220 g/mol. The predicted octanol–water partition coefficient (Wildman–Crippen LogP) is 4.06. The van der Waals surface area contributed by atoms with E-state index in [4.69, 9.17) is 5.26 Å². The van der Waals surface area contributed by atoms with Gasteiger partial charge in [0.05, 0.1) is 6.07 Å². The van der Waals surface area contributed by atoms with Crippen molar-refractivity contribution in [1.82, 2.24) is 0 Å². The fourth-order valence-electron chi connectivity index (χ4n) is 3.09. The summed E-state index contributed by atoms with van der Waals surface area (Å²) in [6.07, 6.45) is 1.85. The Bertz CT molecular complexity index is 430. The molecule has 3 atom stereocenters. The van der Waals surface area contributed by atoms with Crippen LogP contribution in [0.1, 0.15) is 33.6 Å². The van der Waals surface area contributed by atoms with Gasteiger partial charge in [-0.1, -0.05) is 32.0 Å². The maximum atomic E-state index is 8.83. The minimum absolute atomic E-state index is 0.350. The Balaban J connectivity index is 1.86. The number of hydrogen-bond acceptors (Lipinski definition) is 2. The second kappa shape index (κ2) is 5.02. The lowest BCUT2D eigenvalue weighted by Crippen LogP contribution is -2.16. The van der Waals surface area contributed by atoms with Crippen molar-refractivity contribution in [2.75, 3.05) is 5.32 Å². The molecule has 0 aliphatic heterocycles. The number of rotatable bonds is 5. The molecule has 2 heteroatoms. The summed E-state index contributed by atoms with van der Waals surface area (Å²) >= 11 is 0. The summed E-state index contributed by atoms with van der Waals surface area (Å²) in [5, 5.41) is 12.4. The van der Waals surface area contributed by atoms with Gasteiger partial charge in [0.1, 0.15) is 0 Å². The van der Waals surface area contributed by atoms with Gasteiger partial charge in [-0.2, -0.15) is 5.26 Å². The molecule has 0 saturated heterocycles. The van der Waals surface area contributed by atoms with Crippen LogP contribution >= 0.6 is 0 Å². The first-order valence-electron chi connectivity index (χ1n) is 6.74. The average Bonchev–Trinajstić information content (AvgIpc) is 2.82. The van der Waals surface area contributed by atoms with Gasteiger partial charge < -0.3 is 5.32 Å². The highest BCUT2D eigenvalue weighted by atomic mass is 14.9. The molecule has 1 N–H and O–H groups in total. The van der Waals surface area contributed by atoms with Gasteiger partial charge in [-0.25, -0.2) is 0 Å². The van der Waals surface area contributed by atoms with Gasteiger partial charge in [0.2, 0.25) is 0 Å². The number of anilines is 1. The molecule has 0 amide bonds. The Morgan fingerprint density at radius 1 is 1.28 bits per heavy atom. The smallest absolute Gasteiger partial charge is 0.0624 e. The SMILES string of the molecule is CC(C[C@H]1[C@@H](CC#N)C1(C)C)Nc1ccccc1. The third-order valence-electron chi connectivity index (χ3n) is 4.39. The number of para-hydroxylation sites is 1. The molecule has 0 bridgehead atoms. The van der Waals surface area contributed by atoms with Crippen molar-refractivity contribution in [3.8, 4) is 6.07 Å². The van der Waals surface area contributed by atoms with Crippen LogP contribution < -0.4 is 5.32 Å². The first kappa shape index (κ1) is 13.0. The first-order valence-corrected chi connectivity index (χ1v) is 6.74. The third-order valence-corrected chi connectivity index (χ3v) is 4.39. The molecule has 2 rings (SSSR count). The van der Waals surface area contributed by atoms with Gasteiger partial charge in [0, 0.05) is 18.2 Å². The highest BCUT2D eigenvalue weighted by Crippen LogP contribution is 2.61. The van der Waals surface area contributed by atoms with Crippen LogP contribution in [0, 0.1) is 28.6 Å². The quantitative estimate of drug-likeness (QED) is 0.845. The maximum absolute atomic E-state index is 8.83. The fourth-order valence-corrected chi connectivity index (χ4v) is 3.09. The number of benzene rings is 1. The second-order valence-corrected chi connectivity index (χ2v) is 6.04. The van der Waals surface area contributed by atoms with Crippen molar-refractivity contribution in [2.24, 2.45) is 17.3 Å². The van der Waals surface area contributed by atoms with Gasteiger partial charge in [0.25, 0.3) is 0 Å². The van der Waals surface area contributed by atoms with E-state index >= 15 is 0 Å². The first-order chi connectivity index (χ1) is 8.55. The molecule has 1 aromatic carbocycles.